The maximum absolute atomic E-state index is 14.0. The van der Waals surface area contributed by atoms with Crippen molar-refractivity contribution in [3.8, 4) is 16.9 Å². The van der Waals surface area contributed by atoms with Crippen molar-refractivity contribution in [3.63, 3.8) is 0 Å². The molecule has 0 fully saturated rings. The highest BCUT2D eigenvalue weighted by Gasteiger charge is 2.31. The Labute approximate surface area is 176 Å². The van der Waals surface area contributed by atoms with E-state index in [1.165, 1.54) is 17.7 Å². The van der Waals surface area contributed by atoms with E-state index in [0.717, 1.165) is 44.8 Å². The molecule has 3 aromatic carbocycles. The Kier molecular flexibility index (Phi) is 4.11. The Morgan fingerprint density at radius 3 is 2.50 bits per heavy atom. The molecule has 0 unspecified atom stereocenters. The molecule has 0 atom stereocenters. The van der Waals surface area contributed by atoms with Gasteiger partial charge in [0.2, 0.25) is 0 Å². The summed E-state index contributed by atoms with van der Waals surface area (Å²) in [6, 6.07) is 17.2. The number of allylic oxidation sites excluding steroid dienone is 1. The lowest BCUT2D eigenvalue weighted by atomic mass is 9.83. The Bertz CT molecular complexity index is 1250. The van der Waals surface area contributed by atoms with E-state index >= 15 is 0 Å². The van der Waals surface area contributed by atoms with Crippen molar-refractivity contribution < 1.29 is 9.13 Å². The summed E-state index contributed by atoms with van der Waals surface area (Å²) in [4.78, 5) is 0. The van der Waals surface area contributed by atoms with Gasteiger partial charge in [-0.15, -0.1) is 0 Å². The summed E-state index contributed by atoms with van der Waals surface area (Å²) >= 11 is 0. The predicted octanol–water partition coefficient (Wildman–Crippen LogP) is 7.30. The first kappa shape index (κ1) is 18.7. The van der Waals surface area contributed by atoms with E-state index in [0.29, 0.717) is 5.75 Å². The normalized spacial score (nSPS) is 17.2. The Morgan fingerprint density at radius 2 is 1.70 bits per heavy atom. The van der Waals surface area contributed by atoms with Gasteiger partial charge in [-0.1, -0.05) is 36.4 Å². The van der Waals surface area contributed by atoms with Gasteiger partial charge in [0.05, 0.1) is 5.54 Å². The SMILES string of the molecule is CC1=CC(C)(C)Nc2ccc3c(c21)C(=Cc1ccccc1C)Oc1cc(F)ccc1-3. The molecule has 3 aromatic rings. The van der Waals surface area contributed by atoms with Gasteiger partial charge >= 0.3 is 0 Å². The van der Waals surface area contributed by atoms with Crippen molar-refractivity contribution in [3.05, 3.63) is 88.7 Å². The topological polar surface area (TPSA) is 21.3 Å². The zero-order chi connectivity index (χ0) is 21.0. The van der Waals surface area contributed by atoms with Gasteiger partial charge in [0.25, 0.3) is 0 Å². The second-order valence-electron chi connectivity index (χ2n) is 8.69. The third-order valence-corrected chi connectivity index (χ3v) is 5.81. The lowest BCUT2D eigenvalue weighted by molar-refractivity contribution is 0.506. The Morgan fingerprint density at radius 1 is 0.933 bits per heavy atom. The maximum Gasteiger partial charge on any atom is 0.138 e. The number of aryl methyl sites for hydroxylation is 1. The summed E-state index contributed by atoms with van der Waals surface area (Å²) in [6.45, 7) is 8.56. The van der Waals surface area contributed by atoms with Crippen molar-refractivity contribution in [2.24, 2.45) is 0 Å². The van der Waals surface area contributed by atoms with Crippen molar-refractivity contribution in [2.75, 3.05) is 5.32 Å². The molecule has 2 aliphatic rings. The molecule has 0 aromatic heterocycles. The summed E-state index contributed by atoms with van der Waals surface area (Å²) in [5, 5.41) is 3.63. The van der Waals surface area contributed by atoms with E-state index in [-0.39, 0.29) is 11.4 Å². The zero-order valence-electron chi connectivity index (χ0n) is 17.6. The number of hydrogen-bond acceptors (Lipinski definition) is 2. The molecule has 0 bridgehead atoms. The first-order valence-electron chi connectivity index (χ1n) is 10.2. The van der Waals surface area contributed by atoms with Crippen LogP contribution < -0.4 is 10.1 Å². The number of fused-ring (bicyclic) bond motifs is 5. The molecule has 0 spiro atoms. The van der Waals surface area contributed by atoms with Crippen LogP contribution in [0.1, 0.15) is 43.0 Å². The lowest BCUT2D eigenvalue weighted by Crippen LogP contribution is -2.32. The summed E-state index contributed by atoms with van der Waals surface area (Å²) in [7, 11) is 0. The number of ether oxygens (including phenoxy) is 1. The van der Waals surface area contributed by atoms with Gasteiger partial charge in [-0.05, 0) is 74.2 Å². The minimum absolute atomic E-state index is 0.123. The molecule has 2 heterocycles. The molecule has 1 N–H and O–H groups in total. The van der Waals surface area contributed by atoms with Crippen LogP contribution >= 0.6 is 0 Å². The molecule has 0 radical (unpaired) electrons. The van der Waals surface area contributed by atoms with Gasteiger partial charge in [-0.2, -0.15) is 0 Å². The van der Waals surface area contributed by atoms with E-state index in [9.17, 15) is 4.39 Å². The third kappa shape index (κ3) is 3.02. The van der Waals surface area contributed by atoms with Crippen molar-refractivity contribution in [1.82, 2.24) is 0 Å². The monoisotopic (exact) mass is 397 g/mol. The van der Waals surface area contributed by atoms with Crippen molar-refractivity contribution in [1.29, 1.82) is 0 Å². The number of anilines is 1. The lowest BCUT2D eigenvalue weighted by Gasteiger charge is -2.35. The Hall–Kier alpha value is -3.33. The zero-order valence-corrected chi connectivity index (χ0v) is 17.6. The minimum atomic E-state index is -0.301. The quantitative estimate of drug-likeness (QED) is 0.465. The van der Waals surface area contributed by atoms with Crippen LogP contribution in [-0.4, -0.2) is 5.54 Å². The minimum Gasteiger partial charge on any atom is -0.456 e. The van der Waals surface area contributed by atoms with Gasteiger partial charge in [-0.3, -0.25) is 0 Å². The molecular weight excluding hydrogens is 373 g/mol. The predicted molar refractivity (Wildman–Crippen MR) is 123 cm³/mol. The van der Waals surface area contributed by atoms with Crippen LogP contribution in [0.5, 0.6) is 5.75 Å². The van der Waals surface area contributed by atoms with E-state index < -0.39 is 0 Å². The molecule has 2 aliphatic heterocycles. The highest BCUT2D eigenvalue weighted by molar-refractivity contribution is 6.00. The van der Waals surface area contributed by atoms with Gasteiger partial charge in [0.15, 0.2) is 0 Å². The van der Waals surface area contributed by atoms with Gasteiger partial charge in [0.1, 0.15) is 17.3 Å². The molecule has 0 saturated heterocycles. The van der Waals surface area contributed by atoms with Crippen LogP contribution in [0.15, 0.2) is 60.7 Å². The average molecular weight is 397 g/mol. The van der Waals surface area contributed by atoms with Gasteiger partial charge in [0, 0.05) is 28.4 Å². The van der Waals surface area contributed by atoms with E-state index in [1.54, 1.807) is 6.07 Å². The molecule has 0 saturated carbocycles. The second kappa shape index (κ2) is 6.60. The molecule has 0 amide bonds. The highest BCUT2D eigenvalue weighted by Crippen LogP contribution is 2.49. The van der Waals surface area contributed by atoms with Crippen LogP contribution in [0.4, 0.5) is 10.1 Å². The smallest absolute Gasteiger partial charge is 0.138 e. The number of rotatable bonds is 1. The number of benzene rings is 3. The van der Waals surface area contributed by atoms with Gasteiger partial charge < -0.3 is 10.1 Å². The molecule has 0 aliphatic carbocycles. The molecule has 5 rings (SSSR count). The number of hydrogen-bond donors (Lipinski definition) is 1. The first-order valence-corrected chi connectivity index (χ1v) is 10.2. The van der Waals surface area contributed by atoms with Crippen LogP contribution in [-0.2, 0) is 0 Å². The number of halogens is 1. The van der Waals surface area contributed by atoms with Crippen LogP contribution in [0.2, 0.25) is 0 Å². The fraction of sp³-hybridized carbons (Fsp3) is 0.185. The molecule has 30 heavy (non-hydrogen) atoms. The number of nitrogens with one attached hydrogen (secondary N) is 1. The second-order valence-corrected chi connectivity index (χ2v) is 8.69. The molecule has 2 nitrogen and oxygen atoms in total. The van der Waals surface area contributed by atoms with Crippen molar-refractivity contribution in [2.45, 2.75) is 33.2 Å². The van der Waals surface area contributed by atoms with Gasteiger partial charge in [-0.25, -0.2) is 4.39 Å². The Balaban J connectivity index is 1.82. The summed E-state index contributed by atoms with van der Waals surface area (Å²) in [5.41, 5.74) is 8.57. The van der Waals surface area contributed by atoms with Crippen molar-refractivity contribution >= 4 is 23.1 Å². The maximum atomic E-state index is 14.0. The van der Waals surface area contributed by atoms with E-state index in [4.69, 9.17) is 4.74 Å². The third-order valence-electron chi connectivity index (χ3n) is 5.81. The largest absolute Gasteiger partial charge is 0.456 e. The van der Waals surface area contributed by atoms with E-state index in [1.807, 2.05) is 12.1 Å². The van der Waals surface area contributed by atoms with E-state index in [2.05, 4.69) is 69.4 Å². The standard InChI is InChI=1S/C27H24FNO/c1-16-7-5-6-8-18(16)13-24-26-21(20-10-9-19(28)14-23(20)30-24)11-12-22-25(26)17(2)15-27(3,4)29-22/h5-15,29H,1-4H3. The molecule has 3 heteroatoms. The molecule has 150 valence electrons. The van der Waals surface area contributed by atoms with Crippen LogP contribution in [0.3, 0.4) is 0 Å². The van der Waals surface area contributed by atoms with Crippen LogP contribution in [0.25, 0.3) is 28.5 Å². The fourth-order valence-electron chi connectivity index (χ4n) is 4.56. The van der Waals surface area contributed by atoms with Crippen LogP contribution in [0, 0.1) is 12.7 Å². The molecular formula is C27H24FNO. The summed E-state index contributed by atoms with van der Waals surface area (Å²) in [5.74, 6) is 0.987. The summed E-state index contributed by atoms with van der Waals surface area (Å²) < 4.78 is 20.3. The summed E-state index contributed by atoms with van der Waals surface area (Å²) in [6.07, 6.45) is 4.32. The first-order chi connectivity index (χ1) is 14.3. The fourth-order valence-corrected chi connectivity index (χ4v) is 4.56. The average Bonchev–Trinajstić information content (AvgIpc) is 2.68. The highest BCUT2D eigenvalue weighted by atomic mass is 19.1.